The van der Waals surface area contributed by atoms with Crippen molar-refractivity contribution < 1.29 is 36.8 Å². The minimum absolute atomic E-state index is 0. The molecule has 0 aromatic heterocycles. The Balaban J connectivity index is 0.000000188. The Morgan fingerprint density at radius 2 is 1.22 bits per heavy atom. The second-order valence-electron chi connectivity index (χ2n) is 11.3. The smallest absolute Gasteiger partial charge is 0.124 e. The topological polar surface area (TPSA) is 60.7 Å². The van der Waals surface area contributed by atoms with Gasteiger partial charge in [0.15, 0.2) is 0 Å². The molecule has 4 nitrogen and oxygen atoms in total. The van der Waals surface area contributed by atoms with E-state index < -0.39 is 0 Å². The zero-order valence-electron chi connectivity index (χ0n) is 23.9. The van der Waals surface area contributed by atoms with E-state index in [1.54, 1.807) is 12.1 Å². The maximum absolute atomic E-state index is 10.4. The molecule has 1 aliphatic heterocycles. The molecular formula is C36H38BrNO3. The van der Waals surface area contributed by atoms with Gasteiger partial charge in [0.2, 0.25) is 0 Å². The Bertz CT molecular complexity index is 1610. The van der Waals surface area contributed by atoms with Gasteiger partial charge in [-0.25, -0.2) is 0 Å². The van der Waals surface area contributed by atoms with Crippen molar-refractivity contribution in [1.82, 2.24) is 0 Å². The second-order valence-corrected chi connectivity index (χ2v) is 11.3. The van der Waals surface area contributed by atoms with Gasteiger partial charge in [0, 0.05) is 23.1 Å². The van der Waals surface area contributed by atoms with Crippen LogP contribution in [0.1, 0.15) is 25.0 Å². The molecule has 0 unspecified atom stereocenters. The molecule has 0 amide bonds. The Morgan fingerprint density at radius 1 is 0.732 bits per heavy atom. The summed E-state index contributed by atoms with van der Waals surface area (Å²) >= 11 is 0. The highest BCUT2D eigenvalue weighted by Gasteiger charge is 2.36. The van der Waals surface area contributed by atoms with Crippen molar-refractivity contribution in [3.05, 3.63) is 120 Å². The number of likely N-dealkylation sites (N-methyl/N-ethyl adjacent to an activating group) is 1. The molecule has 5 heteroatoms. The van der Waals surface area contributed by atoms with Gasteiger partial charge in [0.1, 0.15) is 24.1 Å². The maximum Gasteiger partial charge on any atom is 0.124 e. The zero-order valence-corrected chi connectivity index (χ0v) is 25.5. The number of phenols is 2. The van der Waals surface area contributed by atoms with Crippen molar-refractivity contribution in [3.8, 4) is 22.6 Å². The molecule has 1 heterocycles. The van der Waals surface area contributed by atoms with Crippen molar-refractivity contribution in [2.45, 2.75) is 32.9 Å². The van der Waals surface area contributed by atoms with Gasteiger partial charge in [-0.1, -0.05) is 90.5 Å². The van der Waals surface area contributed by atoms with Crippen LogP contribution in [0.2, 0.25) is 0 Å². The van der Waals surface area contributed by atoms with E-state index in [9.17, 15) is 15.3 Å². The first kappa shape index (κ1) is 30.3. The summed E-state index contributed by atoms with van der Waals surface area (Å²) in [5, 5.41) is 34.5. The largest absolute Gasteiger partial charge is 1.00 e. The van der Waals surface area contributed by atoms with Crippen LogP contribution in [0.3, 0.4) is 0 Å². The number of nitrogens with zero attached hydrogens (tertiary/aromatic N) is 1. The van der Waals surface area contributed by atoms with Crippen LogP contribution in [0, 0.1) is 0 Å². The number of aromatic hydroxyl groups is 2. The van der Waals surface area contributed by atoms with E-state index in [0.717, 1.165) is 45.5 Å². The second kappa shape index (κ2) is 12.9. The van der Waals surface area contributed by atoms with Crippen LogP contribution in [0.15, 0.2) is 109 Å². The van der Waals surface area contributed by atoms with Crippen molar-refractivity contribution in [2.24, 2.45) is 0 Å². The first-order valence-electron chi connectivity index (χ1n) is 13.9. The quantitative estimate of drug-likeness (QED) is 0.206. The van der Waals surface area contributed by atoms with Crippen LogP contribution in [0.25, 0.3) is 32.7 Å². The average Bonchev–Trinajstić information content (AvgIpc) is 2.96. The number of phenolic OH excluding ortho intramolecular Hbond substituents is 2. The van der Waals surface area contributed by atoms with Gasteiger partial charge in [-0.05, 0) is 59.2 Å². The standard InChI is InChI=1S/C20H14O2.C16H24NO.BrH/c21-17-11-9-13-5-1-3-7-15(13)19(17)20-16-8-4-2-6-14(16)10-12-18(20)22;1-13(2)8-9-17(3)11-15-7-5-4-6-14(15)10-16(17)12-18;/h1-12,21-22H;4-8,16,18H,9-12H2,1-3H3;1H/q;+1;/p-1/t;16-,17+;/m.0./s1. The monoisotopic (exact) mass is 611 g/mol. The molecule has 0 saturated heterocycles. The van der Waals surface area contributed by atoms with Gasteiger partial charge >= 0.3 is 0 Å². The summed E-state index contributed by atoms with van der Waals surface area (Å²) in [6.07, 6.45) is 3.27. The van der Waals surface area contributed by atoms with E-state index in [4.69, 9.17) is 0 Å². The average molecular weight is 613 g/mol. The predicted octanol–water partition coefficient (Wildman–Crippen LogP) is 4.59. The Labute approximate surface area is 253 Å². The van der Waals surface area contributed by atoms with E-state index in [1.807, 2.05) is 60.7 Å². The fourth-order valence-corrected chi connectivity index (χ4v) is 5.82. The summed E-state index contributed by atoms with van der Waals surface area (Å²) in [5.41, 5.74) is 5.54. The van der Waals surface area contributed by atoms with Crippen LogP contribution in [0.5, 0.6) is 11.5 Å². The first-order chi connectivity index (χ1) is 19.3. The number of hydrogen-bond acceptors (Lipinski definition) is 3. The lowest BCUT2D eigenvalue weighted by Crippen LogP contribution is -3.00. The molecule has 0 saturated carbocycles. The van der Waals surface area contributed by atoms with Crippen LogP contribution in [0.4, 0.5) is 0 Å². The van der Waals surface area contributed by atoms with Crippen LogP contribution >= 0.6 is 0 Å². The molecule has 212 valence electrons. The molecule has 5 aromatic rings. The third-order valence-corrected chi connectivity index (χ3v) is 8.18. The van der Waals surface area contributed by atoms with Gasteiger partial charge in [-0.15, -0.1) is 0 Å². The number of quaternary nitrogens is 1. The first-order valence-corrected chi connectivity index (χ1v) is 13.9. The lowest BCUT2D eigenvalue weighted by molar-refractivity contribution is -0.943. The highest BCUT2D eigenvalue weighted by molar-refractivity contribution is 6.09. The Morgan fingerprint density at radius 3 is 1.73 bits per heavy atom. The fraction of sp³-hybridized carbons (Fsp3) is 0.222. The van der Waals surface area contributed by atoms with Crippen molar-refractivity contribution in [1.29, 1.82) is 0 Å². The normalized spacial score (nSPS) is 17.6. The highest BCUT2D eigenvalue weighted by atomic mass is 79.9. The summed E-state index contributed by atoms with van der Waals surface area (Å²) in [6.45, 7) is 6.56. The molecule has 3 N–H and O–H groups in total. The number of allylic oxidation sites excluding steroid dienone is 1. The number of benzene rings is 5. The van der Waals surface area contributed by atoms with Gasteiger partial charge < -0.3 is 36.8 Å². The molecule has 0 spiro atoms. The number of hydrogen-bond donors (Lipinski definition) is 3. The molecule has 6 rings (SSSR count). The Hall–Kier alpha value is -3.64. The molecule has 41 heavy (non-hydrogen) atoms. The van der Waals surface area contributed by atoms with Gasteiger partial charge in [0.25, 0.3) is 0 Å². The van der Waals surface area contributed by atoms with E-state index in [1.165, 1.54) is 16.7 Å². The fourth-order valence-electron chi connectivity index (χ4n) is 5.82. The number of aliphatic hydroxyl groups excluding tert-OH is 1. The molecule has 0 fully saturated rings. The minimum atomic E-state index is 0. The summed E-state index contributed by atoms with van der Waals surface area (Å²) in [6, 6.07) is 31.8. The molecule has 2 atom stereocenters. The van der Waals surface area contributed by atoms with Crippen LogP contribution < -0.4 is 17.0 Å². The van der Waals surface area contributed by atoms with Gasteiger partial charge in [-0.2, -0.15) is 0 Å². The Kier molecular flexibility index (Phi) is 9.54. The SMILES string of the molecule is CC(C)=CC[N@+]1(C)Cc2ccccc2C[C@H]1CO.Oc1ccc2ccccc2c1-c1c(O)ccc2ccccc12.[Br-]. The third-order valence-electron chi connectivity index (χ3n) is 8.18. The maximum atomic E-state index is 10.4. The number of halogens is 1. The molecule has 1 aliphatic rings. The third kappa shape index (κ3) is 6.33. The molecule has 0 radical (unpaired) electrons. The summed E-state index contributed by atoms with van der Waals surface area (Å²) < 4.78 is 0.915. The zero-order chi connectivity index (χ0) is 28.3. The predicted molar refractivity (Wildman–Crippen MR) is 165 cm³/mol. The van der Waals surface area contributed by atoms with E-state index >= 15 is 0 Å². The van der Waals surface area contributed by atoms with E-state index in [0.29, 0.717) is 17.2 Å². The van der Waals surface area contributed by atoms with Crippen LogP contribution in [-0.2, 0) is 13.0 Å². The van der Waals surface area contributed by atoms with E-state index in [2.05, 4.69) is 51.2 Å². The number of aliphatic hydroxyl groups is 1. The minimum Gasteiger partial charge on any atom is -1.00 e. The summed E-state index contributed by atoms with van der Waals surface area (Å²) in [5.74, 6) is 0.343. The molecule has 0 aliphatic carbocycles. The molecular weight excluding hydrogens is 574 g/mol. The van der Waals surface area contributed by atoms with Crippen LogP contribution in [-0.4, -0.2) is 46.0 Å². The lowest BCUT2D eigenvalue weighted by Gasteiger charge is -2.44. The molecule has 0 bridgehead atoms. The summed E-state index contributed by atoms with van der Waals surface area (Å²) in [4.78, 5) is 0. The number of rotatable bonds is 4. The highest BCUT2D eigenvalue weighted by Crippen LogP contribution is 2.44. The van der Waals surface area contributed by atoms with Crippen molar-refractivity contribution in [2.75, 3.05) is 20.2 Å². The number of fused-ring (bicyclic) bond motifs is 3. The van der Waals surface area contributed by atoms with E-state index in [-0.39, 0.29) is 35.1 Å². The summed E-state index contributed by atoms with van der Waals surface area (Å²) in [7, 11) is 2.26. The molecule has 5 aromatic carbocycles. The van der Waals surface area contributed by atoms with Gasteiger partial charge in [-0.3, -0.25) is 0 Å². The van der Waals surface area contributed by atoms with Crippen molar-refractivity contribution >= 4 is 21.5 Å². The van der Waals surface area contributed by atoms with Gasteiger partial charge in [0.05, 0.1) is 20.2 Å². The lowest BCUT2D eigenvalue weighted by atomic mass is 9.92. The van der Waals surface area contributed by atoms with Crippen molar-refractivity contribution in [3.63, 3.8) is 0 Å².